The lowest BCUT2D eigenvalue weighted by atomic mass is 9.63. The Morgan fingerprint density at radius 2 is 1.91 bits per heavy atom. The highest BCUT2D eigenvalue weighted by atomic mass is 35.5. The Morgan fingerprint density at radius 1 is 1.12 bits per heavy atom. The number of nitrogens with one attached hydrogen (secondary N) is 1. The number of carbonyl (C=O) groups excluding carboxylic acids is 1. The van der Waals surface area contributed by atoms with Gasteiger partial charge in [-0.1, -0.05) is 36.7 Å². The second-order valence-corrected chi connectivity index (χ2v) is 19.7. The van der Waals surface area contributed by atoms with Crippen molar-refractivity contribution in [2.75, 3.05) is 71.0 Å². The number of fused-ring (bicyclic) bond motifs is 4. The molecule has 5 aliphatic rings. The zero-order chi connectivity index (χ0) is 40.5. The molecule has 3 heterocycles. The number of amides is 1. The summed E-state index contributed by atoms with van der Waals surface area (Å²) in [6.45, 7) is 8.81. The van der Waals surface area contributed by atoms with E-state index >= 15 is 0 Å². The van der Waals surface area contributed by atoms with Gasteiger partial charge < -0.3 is 24.6 Å². The predicted octanol–water partition coefficient (Wildman–Crippen LogP) is 5.11. The van der Waals surface area contributed by atoms with Gasteiger partial charge >= 0.3 is 5.97 Å². The summed E-state index contributed by atoms with van der Waals surface area (Å²) < 4.78 is 43.0. The number of halogens is 1. The molecule has 2 aromatic rings. The lowest BCUT2D eigenvalue weighted by Gasteiger charge is -2.52. The van der Waals surface area contributed by atoms with Crippen molar-refractivity contribution in [3.8, 4) is 5.75 Å². The first kappa shape index (κ1) is 41.9. The number of ether oxygens (including phenoxy) is 2. The number of carboxylic acid groups (broad SMARTS) is 1. The lowest BCUT2D eigenvalue weighted by molar-refractivity contribution is -0.138. The maximum absolute atomic E-state index is 13.7. The van der Waals surface area contributed by atoms with Crippen LogP contribution in [-0.2, 0) is 31.4 Å². The van der Waals surface area contributed by atoms with Crippen molar-refractivity contribution in [3.63, 3.8) is 0 Å². The van der Waals surface area contributed by atoms with Gasteiger partial charge in [-0.15, -0.1) is 0 Å². The van der Waals surface area contributed by atoms with Crippen molar-refractivity contribution in [2.45, 2.75) is 87.5 Å². The van der Waals surface area contributed by atoms with E-state index in [-0.39, 0.29) is 47.8 Å². The van der Waals surface area contributed by atoms with Crippen LogP contribution in [0.25, 0.3) is 0 Å². The number of methoxy groups -OCH3 is 1. The minimum absolute atomic E-state index is 0.00214. The monoisotopic (exact) mass is 826 g/mol. The smallest absolute Gasteiger partial charge is 0.304 e. The van der Waals surface area contributed by atoms with Crippen molar-refractivity contribution in [3.05, 3.63) is 70.3 Å². The van der Waals surface area contributed by atoms with E-state index < -0.39 is 32.8 Å². The van der Waals surface area contributed by atoms with E-state index in [0.717, 1.165) is 55.9 Å². The molecule has 1 saturated carbocycles. The van der Waals surface area contributed by atoms with Crippen LogP contribution in [0.1, 0.15) is 80.3 Å². The van der Waals surface area contributed by atoms with Gasteiger partial charge in [0.15, 0.2) is 0 Å². The molecule has 312 valence electrons. The SMILES string of the molecule is CO[C@@]1(CN2CCN([C@H](CCO)CC(=O)O)CC2)/C=C\C[C@H](C)[C@@H](C)S(=O)(=O)NC(=O)c2ccc3c(c2)N(C[C@@H]2CC[C@H]21)C[C@@]1(CCCc2cc(Cl)ccc21)CO3. The highest BCUT2D eigenvalue weighted by Crippen LogP contribution is 2.49. The number of aliphatic hydroxyl groups is 1. The second-order valence-electron chi connectivity index (χ2n) is 17.3. The maximum atomic E-state index is 13.7. The van der Waals surface area contributed by atoms with Gasteiger partial charge in [0.1, 0.15) is 11.4 Å². The number of aliphatic carboxylic acids is 1. The number of piperazine rings is 1. The first-order valence-corrected chi connectivity index (χ1v) is 22.6. The zero-order valence-corrected chi connectivity index (χ0v) is 35.1. The molecular weight excluding hydrogens is 768 g/mol. The van der Waals surface area contributed by atoms with Crippen molar-refractivity contribution in [2.24, 2.45) is 17.8 Å². The number of hydrogen-bond acceptors (Lipinski definition) is 10. The summed E-state index contributed by atoms with van der Waals surface area (Å²) in [5.41, 5.74) is 2.55. The van der Waals surface area contributed by atoms with Gasteiger partial charge in [-0.25, -0.2) is 13.1 Å². The van der Waals surface area contributed by atoms with Crippen LogP contribution in [0.15, 0.2) is 48.6 Å². The minimum Gasteiger partial charge on any atom is -0.490 e. The summed E-state index contributed by atoms with van der Waals surface area (Å²) in [6, 6.07) is 11.2. The van der Waals surface area contributed by atoms with Crippen LogP contribution < -0.4 is 14.4 Å². The summed E-state index contributed by atoms with van der Waals surface area (Å²) >= 11 is 6.50. The standard InChI is InChI=1S/C43H59ClN4O8S/c1-29-6-4-16-43(55-3,27-46-17-19-47(20-18-46)35(14-21-49)24-40(50)51)37-11-8-33(37)25-48-26-42(15-5-7-31-22-34(44)10-12-36(31)42)28-56-39-13-9-32(23-38(39)48)41(52)45-57(53,54)30(29)2/h4,9-10,12-13,16,22-23,29-30,33,35,37,49H,5-8,11,14-15,17-21,24-28H2,1-3H3,(H,45,52)(H,50,51)/b16-4-/t29-,30+,33-,35+,37+,42-,43+/m0/s1. The summed E-state index contributed by atoms with van der Waals surface area (Å²) in [5.74, 6) is -0.724. The highest BCUT2D eigenvalue weighted by Gasteiger charge is 2.50. The number of nitrogens with zero attached hydrogens (tertiary/aromatic N) is 3. The van der Waals surface area contributed by atoms with Gasteiger partial charge in [0, 0.05) is 81.6 Å². The van der Waals surface area contributed by atoms with Crippen LogP contribution in [0.5, 0.6) is 5.75 Å². The molecule has 2 aliphatic carbocycles. The molecule has 1 spiro atoms. The normalized spacial score (nSPS) is 31.8. The summed E-state index contributed by atoms with van der Waals surface area (Å²) in [7, 11) is -2.23. The van der Waals surface area contributed by atoms with Crippen LogP contribution in [0.3, 0.4) is 0 Å². The van der Waals surface area contributed by atoms with Crippen LogP contribution in [0.2, 0.25) is 5.02 Å². The third-order valence-corrected chi connectivity index (χ3v) is 16.0. The number of carbonyl (C=O) groups is 2. The van der Waals surface area contributed by atoms with Crippen molar-refractivity contribution < 1.29 is 37.7 Å². The average Bonchev–Trinajstić information content (AvgIpc) is 3.32. The van der Waals surface area contributed by atoms with Crippen LogP contribution in [0, 0.1) is 17.8 Å². The van der Waals surface area contributed by atoms with Crippen molar-refractivity contribution >= 4 is 39.2 Å². The number of aryl methyl sites for hydroxylation is 1. The van der Waals surface area contributed by atoms with E-state index in [9.17, 15) is 28.2 Å². The fourth-order valence-corrected chi connectivity index (χ4v) is 11.7. The molecule has 2 aromatic carbocycles. The second kappa shape index (κ2) is 17.2. The molecule has 14 heteroatoms. The highest BCUT2D eigenvalue weighted by molar-refractivity contribution is 7.90. The van der Waals surface area contributed by atoms with Gasteiger partial charge in [-0.05, 0) is 111 Å². The Bertz CT molecular complexity index is 1940. The van der Waals surface area contributed by atoms with Gasteiger partial charge in [0.05, 0.1) is 24.0 Å². The quantitative estimate of drug-likeness (QED) is 0.305. The number of carboxylic acids is 1. The number of allylic oxidation sites excluding steroid dienone is 1. The Hall–Kier alpha value is -3.20. The first-order valence-electron chi connectivity index (χ1n) is 20.6. The fourth-order valence-electron chi connectivity index (χ4n) is 10.2. The van der Waals surface area contributed by atoms with Crippen LogP contribution in [-0.4, -0.2) is 123 Å². The van der Waals surface area contributed by atoms with E-state index in [1.807, 2.05) is 19.1 Å². The molecule has 1 amide bonds. The van der Waals surface area contributed by atoms with Gasteiger partial charge in [-0.2, -0.15) is 0 Å². The van der Waals surface area contributed by atoms with Gasteiger partial charge in [0.2, 0.25) is 10.0 Å². The molecular formula is C43H59ClN4O8S. The largest absolute Gasteiger partial charge is 0.490 e. The number of benzene rings is 2. The molecule has 12 nitrogen and oxygen atoms in total. The maximum Gasteiger partial charge on any atom is 0.304 e. The molecule has 1 saturated heterocycles. The Kier molecular flexibility index (Phi) is 12.6. The molecule has 2 fully saturated rings. The first-order chi connectivity index (χ1) is 27.3. The molecule has 0 aromatic heterocycles. The molecule has 0 unspecified atom stereocenters. The predicted molar refractivity (Wildman–Crippen MR) is 221 cm³/mol. The fraction of sp³-hybridized carbons (Fsp3) is 0.628. The Balaban J connectivity index is 1.24. The summed E-state index contributed by atoms with van der Waals surface area (Å²) in [5, 5.41) is 19.1. The van der Waals surface area contributed by atoms with Crippen molar-refractivity contribution in [1.29, 1.82) is 0 Å². The van der Waals surface area contributed by atoms with Gasteiger partial charge in [-0.3, -0.25) is 19.4 Å². The minimum atomic E-state index is -4.01. The number of rotatable bonds is 8. The number of aliphatic hydroxyl groups excluding tert-OH is 1. The van der Waals surface area contributed by atoms with Gasteiger partial charge in [0.25, 0.3) is 5.91 Å². The number of anilines is 1. The molecule has 3 aliphatic heterocycles. The van der Waals surface area contributed by atoms with Crippen molar-refractivity contribution in [1.82, 2.24) is 14.5 Å². The summed E-state index contributed by atoms with van der Waals surface area (Å²) in [4.78, 5) is 32.3. The lowest BCUT2D eigenvalue weighted by Crippen LogP contribution is -2.59. The third-order valence-electron chi connectivity index (χ3n) is 13.9. The molecule has 0 radical (unpaired) electrons. The van der Waals surface area contributed by atoms with E-state index in [1.54, 1.807) is 26.2 Å². The zero-order valence-electron chi connectivity index (χ0n) is 33.5. The third kappa shape index (κ3) is 8.75. The van der Waals surface area contributed by atoms with E-state index in [2.05, 4.69) is 43.7 Å². The molecule has 7 rings (SSSR count). The average molecular weight is 827 g/mol. The van der Waals surface area contributed by atoms with E-state index in [0.29, 0.717) is 57.9 Å². The van der Waals surface area contributed by atoms with E-state index in [4.69, 9.17) is 21.1 Å². The Morgan fingerprint density at radius 3 is 2.61 bits per heavy atom. The molecule has 2 bridgehead atoms. The molecule has 3 N–H and O–H groups in total. The number of hydrogen-bond donors (Lipinski definition) is 3. The Labute approximate surface area is 342 Å². The van der Waals surface area contributed by atoms with E-state index in [1.165, 1.54) is 11.1 Å². The van der Waals surface area contributed by atoms with Crippen LogP contribution >= 0.6 is 11.6 Å². The van der Waals surface area contributed by atoms with Crippen LogP contribution in [0.4, 0.5) is 5.69 Å². The molecule has 7 atom stereocenters. The topological polar surface area (TPSA) is 149 Å². The molecule has 57 heavy (non-hydrogen) atoms. The number of sulfonamides is 1. The summed E-state index contributed by atoms with van der Waals surface area (Å²) in [6.07, 6.45) is 10.0.